The van der Waals surface area contributed by atoms with Crippen LogP contribution in [0.15, 0.2) is 35.7 Å². The maximum absolute atomic E-state index is 13.5. The molecule has 4 rings (SSSR count). The van der Waals surface area contributed by atoms with Crippen molar-refractivity contribution in [1.29, 1.82) is 0 Å². The quantitative estimate of drug-likeness (QED) is 0.363. The fourth-order valence-corrected chi connectivity index (χ4v) is 6.65. The molecule has 2 aromatic rings. The van der Waals surface area contributed by atoms with E-state index in [-0.39, 0.29) is 23.9 Å². The Morgan fingerprint density at radius 2 is 1.73 bits per heavy atom. The van der Waals surface area contributed by atoms with Gasteiger partial charge in [-0.2, -0.15) is 0 Å². The van der Waals surface area contributed by atoms with Crippen molar-refractivity contribution in [3.05, 3.63) is 51.7 Å². The number of nitrogens with zero attached hydrogens (tertiary/aromatic N) is 3. The third-order valence-corrected chi connectivity index (χ3v) is 8.88. The van der Waals surface area contributed by atoms with Gasteiger partial charge in [0.25, 0.3) is 0 Å². The predicted molar refractivity (Wildman–Crippen MR) is 150 cm³/mol. The van der Waals surface area contributed by atoms with E-state index in [4.69, 9.17) is 4.74 Å². The molecular formula is C30H43N3O3S. The first-order chi connectivity index (χ1) is 18.0. The maximum Gasteiger partial charge on any atom is 0.236 e. The number of fused-ring (bicyclic) bond motifs is 1. The van der Waals surface area contributed by atoms with Gasteiger partial charge in [0.15, 0.2) is 0 Å². The van der Waals surface area contributed by atoms with E-state index >= 15 is 0 Å². The topological polar surface area (TPSA) is 53.1 Å². The van der Waals surface area contributed by atoms with Gasteiger partial charge in [0, 0.05) is 43.5 Å². The first-order valence-corrected chi connectivity index (χ1v) is 14.9. The summed E-state index contributed by atoms with van der Waals surface area (Å²) in [6.45, 7) is 7.44. The summed E-state index contributed by atoms with van der Waals surface area (Å²) >= 11 is 1.81. The van der Waals surface area contributed by atoms with Crippen molar-refractivity contribution in [2.75, 3.05) is 39.8 Å². The molecule has 6 nitrogen and oxygen atoms in total. The summed E-state index contributed by atoms with van der Waals surface area (Å²) in [6.07, 6.45) is 8.74. The molecule has 2 amide bonds. The van der Waals surface area contributed by atoms with E-state index in [1.54, 1.807) is 7.11 Å². The van der Waals surface area contributed by atoms with Crippen LogP contribution in [0.5, 0.6) is 5.75 Å². The van der Waals surface area contributed by atoms with Gasteiger partial charge in [0.2, 0.25) is 11.8 Å². The summed E-state index contributed by atoms with van der Waals surface area (Å²) in [5, 5.41) is 2.16. The monoisotopic (exact) mass is 525 g/mol. The molecule has 1 aromatic carbocycles. The average Bonchev–Trinajstić information content (AvgIpc) is 3.39. The van der Waals surface area contributed by atoms with Crippen molar-refractivity contribution >= 4 is 23.2 Å². The number of carbonyl (C=O) groups is 2. The highest BCUT2D eigenvalue weighted by atomic mass is 32.1. The first kappa shape index (κ1) is 27.6. The van der Waals surface area contributed by atoms with Gasteiger partial charge in [0.05, 0.1) is 19.7 Å². The molecule has 2 unspecified atom stereocenters. The fourth-order valence-electron chi connectivity index (χ4n) is 5.74. The Labute approximate surface area is 226 Å². The zero-order valence-electron chi connectivity index (χ0n) is 22.8. The van der Waals surface area contributed by atoms with E-state index in [1.807, 2.05) is 33.3 Å². The lowest BCUT2D eigenvalue weighted by molar-refractivity contribution is -0.143. The van der Waals surface area contributed by atoms with Gasteiger partial charge in [-0.1, -0.05) is 51.2 Å². The van der Waals surface area contributed by atoms with Crippen LogP contribution in [0.4, 0.5) is 0 Å². The zero-order valence-corrected chi connectivity index (χ0v) is 23.6. The molecule has 3 heterocycles. The van der Waals surface area contributed by atoms with Gasteiger partial charge in [-0.25, -0.2) is 0 Å². The van der Waals surface area contributed by atoms with Gasteiger partial charge in [0.1, 0.15) is 5.75 Å². The number of benzene rings is 1. The smallest absolute Gasteiger partial charge is 0.236 e. The van der Waals surface area contributed by atoms with Crippen molar-refractivity contribution in [1.82, 2.24) is 14.7 Å². The normalized spacial score (nSPS) is 20.1. The van der Waals surface area contributed by atoms with E-state index in [1.165, 1.54) is 41.7 Å². The Morgan fingerprint density at radius 3 is 2.46 bits per heavy atom. The third kappa shape index (κ3) is 6.94. The zero-order chi connectivity index (χ0) is 26.2. The van der Waals surface area contributed by atoms with E-state index in [2.05, 4.69) is 42.3 Å². The summed E-state index contributed by atoms with van der Waals surface area (Å²) in [4.78, 5) is 34.0. The lowest BCUT2D eigenvalue weighted by atomic mass is 9.93. The molecule has 2 aliphatic rings. The predicted octanol–water partition coefficient (Wildman–Crippen LogP) is 5.51. The second-order valence-corrected chi connectivity index (χ2v) is 11.5. The summed E-state index contributed by atoms with van der Waals surface area (Å²) in [5.74, 6) is 1.24. The van der Waals surface area contributed by atoms with Crippen LogP contribution in [-0.2, 0) is 16.0 Å². The van der Waals surface area contributed by atoms with Crippen LogP contribution in [0.25, 0.3) is 0 Å². The molecule has 0 saturated carbocycles. The number of rotatable bonds is 11. The van der Waals surface area contributed by atoms with Crippen LogP contribution >= 0.6 is 11.3 Å². The molecule has 0 radical (unpaired) electrons. The second-order valence-electron chi connectivity index (χ2n) is 10.5. The molecule has 0 spiro atoms. The standard InChI is InChI=1S/C30H43N3O3S/c1-4-5-6-7-8-9-10-28(34)33-19-18-31(21-23(33)2)29(35)22-32-17-15-27-26(16-20-37-27)30(32)24-11-13-25(36-3)14-12-24/h11-14,16,20,23,30H,4-10,15,17-19,21-22H2,1-3H3. The second kappa shape index (κ2) is 13.4. The number of piperazine rings is 1. The number of carbonyl (C=O) groups excluding carboxylic acids is 2. The minimum Gasteiger partial charge on any atom is -0.497 e. The Bertz CT molecular complexity index is 1020. The number of hydrogen-bond acceptors (Lipinski definition) is 5. The van der Waals surface area contributed by atoms with Gasteiger partial charge in [-0.3, -0.25) is 14.5 Å². The average molecular weight is 526 g/mol. The summed E-state index contributed by atoms with van der Waals surface area (Å²) < 4.78 is 5.36. The highest BCUT2D eigenvalue weighted by Gasteiger charge is 2.34. The molecular weight excluding hydrogens is 482 g/mol. The number of methoxy groups -OCH3 is 1. The molecule has 0 N–H and O–H groups in total. The van der Waals surface area contributed by atoms with Crippen LogP contribution in [0.1, 0.15) is 80.8 Å². The number of thiophene rings is 1. The van der Waals surface area contributed by atoms with Crippen molar-refractivity contribution < 1.29 is 14.3 Å². The van der Waals surface area contributed by atoms with E-state index < -0.39 is 0 Å². The van der Waals surface area contributed by atoms with E-state index in [0.717, 1.165) is 31.6 Å². The summed E-state index contributed by atoms with van der Waals surface area (Å²) in [6, 6.07) is 10.6. The number of amides is 2. The van der Waals surface area contributed by atoms with Crippen LogP contribution in [0.3, 0.4) is 0 Å². The van der Waals surface area contributed by atoms with Crippen LogP contribution in [0, 0.1) is 0 Å². The summed E-state index contributed by atoms with van der Waals surface area (Å²) in [5.41, 5.74) is 2.50. The molecule has 2 aliphatic heterocycles. The molecule has 202 valence electrons. The number of hydrogen-bond donors (Lipinski definition) is 0. The molecule has 0 bridgehead atoms. The first-order valence-electron chi connectivity index (χ1n) is 14.0. The van der Waals surface area contributed by atoms with Crippen LogP contribution in [-0.4, -0.2) is 72.4 Å². The van der Waals surface area contributed by atoms with Gasteiger partial charge >= 0.3 is 0 Å². The van der Waals surface area contributed by atoms with Gasteiger partial charge in [-0.05, 0) is 54.5 Å². The third-order valence-electron chi connectivity index (χ3n) is 7.88. The Hall–Kier alpha value is -2.38. The van der Waals surface area contributed by atoms with Crippen molar-refractivity contribution in [2.24, 2.45) is 0 Å². The van der Waals surface area contributed by atoms with Crippen molar-refractivity contribution in [3.63, 3.8) is 0 Å². The number of ether oxygens (including phenoxy) is 1. The van der Waals surface area contributed by atoms with E-state index in [9.17, 15) is 9.59 Å². The van der Waals surface area contributed by atoms with Crippen LogP contribution < -0.4 is 4.74 Å². The molecule has 1 aromatic heterocycles. The minimum atomic E-state index is 0.0625. The molecule has 2 atom stereocenters. The Morgan fingerprint density at radius 1 is 0.973 bits per heavy atom. The van der Waals surface area contributed by atoms with Gasteiger partial charge < -0.3 is 14.5 Å². The van der Waals surface area contributed by atoms with Crippen molar-refractivity contribution in [3.8, 4) is 5.75 Å². The SMILES string of the molecule is CCCCCCCCC(=O)N1CCN(C(=O)CN2CCc3sccc3C2c2ccc(OC)cc2)CC1C. The van der Waals surface area contributed by atoms with Gasteiger partial charge in [-0.15, -0.1) is 11.3 Å². The van der Waals surface area contributed by atoms with E-state index in [0.29, 0.717) is 32.6 Å². The number of unbranched alkanes of at least 4 members (excludes halogenated alkanes) is 5. The molecule has 37 heavy (non-hydrogen) atoms. The van der Waals surface area contributed by atoms with Crippen LogP contribution in [0.2, 0.25) is 0 Å². The lowest BCUT2D eigenvalue weighted by Crippen LogP contribution is -2.57. The minimum absolute atomic E-state index is 0.0625. The highest BCUT2D eigenvalue weighted by Crippen LogP contribution is 2.38. The fraction of sp³-hybridized carbons (Fsp3) is 0.600. The summed E-state index contributed by atoms with van der Waals surface area (Å²) in [7, 11) is 1.68. The largest absolute Gasteiger partial charge is 0.497 e. The lowest BCUT2D eigenvalue weighted by Gasteiger charge is -2.42. The molecule has 1 fully saturated rings. The Balaban J connectivity index is 1.33. The van der Waals surface area contributed by atoms with Crippen molar-refractivity contribution in [2.45, 2.75) is 77.3 Å². The molecule has 1 saturated heterocycles. The maximum atomic E-state index is 13.5. The Kier molecular flexibility index (Phi) is 10.0. The molecule has 7 heteroatoms. The molecule has 0 aliphatic carbocycles. The highest BCUT2D eigenvalue weighted by molar-refractivity contribution is 7.10.